The van der Waals surface area contributed by atoms with Crippen molar-refractivity contribution in [1.29, 1.82) is 0 Å². The molecule has 24 heavy (non-hydrogen) atoms. The normalized spacial score (nSPS) is 10.4. The summed E-state index contributed by atoms with van der Waals surface area (Å²) in [4.78, 5) is 29.8. The molecular weight excluding hydrogens is 368 g/mol. The summed E-state index contributed by atoms with van der Waals surface area (Å²) in [5.41, 5.74) is 0.649. The minimum absolute atomic E-state index is 0.195. The number of hydrogen-bond donors (Lipinski definition) is 1. The topological polar surface area (TPSA) is 68.3 Å². The van der Waals surface area contributed by atoms with Crippen molar-refractivity contribution in [2.75, 3.05) is 12.4 Å². The van der Waals surface area contributed by atoms with E-state index in [0.29, 0.717) is 10.6 Å². The zero-order valence-corrected chi connectivity index (χ0v) is 14.8. The Hall–Kier alpha value is -2.22. The molecule has 0 fully saturated rings. The minimum atomic E-state index is -0.561. The second-order valence-electron chi connectivity index (χ2n) is 4.65. The molecule has 0 saturated heterocycles. The van der Waals surface area contributed by atoms with Gasteiger partial charge in [-0.15, -0.1) is 22.7 Å². The molecule has 0 radical (unpaired) electrons. The summed E-state index contributed by atoms with van der Waals surface area (Å²) in [6.07, 6.45) is 1.53. The quantitative estimate of drug-likeness (QED) is 0.675. The van der Waals surface area contributed by atoms with E-state index in [0.717, 1.165) is 9.88 Å². The molecule has 3 rings (SSSR count). The summed E-state index contributed by atoms with van der Waals surface area (Å²) in [6.45, 7) is 0. The van der Waals surface area contributed by atoms with Crippen molar-refractivity contribution in [1.82, 2.24) is 4.98 Å². The first-order chi connectivity index (χ1) is 11.6. The molecule has 5 nitrogen and oxygen atoms in total. The van der Waals surface area contributed by atoms with Crippen LogP contribution in [-0.4, -0.2) is 24.0 Å². The second kappa shape index (κ2) is 7.12. The highest BCUT2D eigenvalue weighted by Crippen LogP contribution is 2.29. The van der Waals surface area contributed by atoms with Gasteiger partial charge in [-0.05, 0) is 29.6 Å². The number of nitrogens with one attached hydrogen (secondary N) is 1. The van der Waals surface area contributed by atoms with Gasteiger partial charge in [-0.1, -0.05) is 17.7 Å². The Bertz CT molecular complexity index is 891. The Morgan fingerprint density at radius 3 is 2.83 bits per heavy atom. The number of thiophene rings is 1. The van der Waals surface area contributed by atoms with Crippen LogP contribution < -0.4 is 5.32 Å². The number of methoxy groups -OCH3 is 1. The van der Waals surface area contributed by atoms with Crippen LogP contribution in [0.2, 0.25) is 5.02 Å². The number of benzene rings is 1. The highest BCUT2D eigenvalue weighted by Gasteiger charge is 2.15. The summed E-state index contributed by atoms with van der Waals surface area (Å²) in [5.74, 6) is -0.859. The van der Waals surface area contributed by atoms with Crippen molar-refractivity contribution in [3.05, 3.63) is 57.4 Å². The number of thiazole rings is 1. The van der Waals surface area contributed by atoms with Gasteiger partial charge >= 0.3 is 5.97 Å². The van der Waals surface area contributed by atoms with Crippen LogP contribution in [0.5, 0.6) is 0 Å². The third kappa shape index (κ3) is 3.48. The lowest BCUT2D eigenvalue weighted by molar-refractivity contribution is 0.0600. The lowest BCUT2D eigenvalue weighted by Crippen LogP contribution is -2.11. The first kappa shape index (κ1) is 16.6. The first-order valence-corrected chi connectivity index (χ1v) is 8.85. The molecule has 0 spiro atoms. The van der Waals surface area contributed by atoms with Crippen LogP contribution in [0, 0.1) is 0 Å². The molecule has 1 aromatic carbocycles. The number of carbonyl (C=O) groups excluding carboxylic acids is 2. The molecule has 2 heterocycles. The van der Waals surface area contributed by atoms with E-state index in [1.54, 1.807) is 17.4 Å². The van der Waals surface area contributed by atoms with Gasteiger partial charge in [0.25, 0.3) is 5.91 Å². The maximum Gasteiger partial charge on any atom is 0.339 e. The first-order valence-electron chi connectivity index (χ1n) is 6.77. The largest absolute Gasteiger partial charge is 0.465 e. The number of hydrogen-bond acceptors (Lipinski definition) is 6. The zero-order valence-electron chi connectivity index (χ0n) is 12.4. The summed E-state index contributed by atoms with van der Waals surface area (Å²) in [6, 6.07) is 8.52. The standard InChI is InChI=1S/C16H11ClN2O3S2/c1-22-16(21)10-7-9(4-5-11(10)17)19-14(20)13-8-18-15(24-13)12-3-2-6-23-12/h2-8H,1H3,(H,19,20). The fourth-order valence-electron chi connectivity index (χ4n) is 1.96. The molecule has 0 bridgehead atoms. The van der Waals surface area contributed by atoms with Crippen LogP contribution in [0.3, 0.4) is 0 Å². The third-order valence-corrected chi connectivity index (χ3v) is 5.46. The van der Waals surface area contributed by atoms with Crippen molar-refractivity contribution in [3.8, 4) is 9.88 Å². The average Bonchev–Trinajstić information content (AvgIpc) is 3.26. The number of nitrogens with zero attached hydrogens (tertiary/aromatic N) is 1. The monoisotopic (exact) mass is 378 g/mol. The molecule has 1 amide bonds. The van der Waals surface area contributed by atoms with Crippen molar-refractivity contribution < 1.29 is 14.3 Å². The highest BCUT2D eigenvalue weighted by molar-refractivity contribution is 7.22. The van der Waals surface area contributed by atoms with Gasteiger partial charge in [-0.3, -0.25) is 4.79 Å². The number of ether oxygens (including phenoxy) is 1. The number of aromatic nitrogens is 1. The summed E-state index contributed by atoms with van der Waals surface area (Å²) < 4.78 is 4.66. The molecular formula is C16H11ClN2O3S2. The number of carbonyl (C=O) groups is 2. The Morgan fingerprint density at radius 2 is 2.12 bits per heavy atom. The molecule has 1 N–H and O–H groups in total. The predicted molar refractivity (Wildman–Crippen MR) is 96.2 cm³/mol. The number of amides is 1. The van der Waals surface area contributed by atoms with E-state index >= 15 is 0 Å². The van der Waals surface area contributed by atoms with Gasteiger partial charge in [0, 0.05) is 5.69 Å². The molecule has 0 aliphatic heterocycles. The Kier molecular flexibility index (Phi) is 4.94. The van der Waals surface area contributed by atoms with Crippen LogP contribution in [0.25, 0.3) is 9.88 Å². The molecule has 0 aliphatic carbocycles. The smallest absolute Gasteiger partial charge is 0.339 e. The number of halogens is 1. The van der Waals surface area contributed by atoms with Gasteiger partial charge in [0.1, 0.15) is 9.88 Å². The van der Waals surface area contributed by atoms with Gasteiger partial charge in [0.2, 0.25) is 0 Å². The fraction of sp³-hybridized carbons (Fsp3) is 0.0625. The molecule has 2 aromatic heterocycles. The maximum atomic E-state index is 12.3. The van der Waals surface area contributed by atoms with E-state index in [1.807, 2.05) is 17.5 Å². The molecule has 3 aromatic rings. The summed E-state index contributed by atoms with van der Waals surface area (Å²) >= 11 is 8.83. The Morgan fingerprint density at radius 1 is 1.29 bits per heavy atom. The fourth-order valence-corrected chi connectivity index (χ4v) is 3.77. The maximum absolute atomic E-state index is 12.3. The lowest BCUT2D eigenvalue weighted by Gasteiger charge is -2.07. The highest BCUT2D eigenvalue weighted by atomic mass is 35.5. The van der Waals surface area contributed by atoms with E-state index < -0.39 is 5.97 Å². The number of esters is 1. The molecule has 8 heteroatoms. The van der Waals surface area contributed by atoms with Gasteiger partial charge in [-0.25, -0.2) is 9.78 Å². The number of anilines is 1. The van der Waals surface area contributed by atoms with Crippen molar-refractivity contribution >= 4 is 51.8 Å². The van der Waals surface area contributed by atoms with E-state index in [9.17, 15) is 9.59 Å². The van der Waals surface area contributed by atoms with Gasteiger partial charge in [0.05, 0.1) is 28.8 Å². The summed E-state index contributed by atoms with van der Waals surface area (Å²) in [5, 5.41) is 5.74. The molecule has 0 aliphatic rings. The van der Waals surface area contributed by atoms with E-state index in [4.69, 9.17) is 11.6 Å². The summed E-state index contributed by atoms with van der Waals surface area (Å²) in [7, 11) is 1.27. The molecule has 0 unspecified atom stereocenters. The Balaban J connectivity index is 1.79. The van der Waals surface area contributed by atoms with Crippen LogP contribution >= 0.6 is 34.3 Å². The minimum Gasteiger partial charge on any atom is -0.465 e. The van der Waals surface area contributed by atoms with E-state index in [1.165, 1.54) is 36.8 Å². The second-order valence-corrected chi connectivity index (χ2v) is 7.03. The molecule has 0 saturated carbocycles. The van der Waals surface area contributed by atoms with Crippen molar-refractivity contribution in [2.24, 2.45) is 0 Å². The molecule has 0 atom stereocenters. The van der Waals surface area contributed by atoms with E-state index in [2.05, 4.69) is 15.0 Å². The molecule has 122 valence electrons. The average molecular weight is 379 g/mol. The van der Waals surface area contributed by atoms with Crippen LogP contribution in [0.1, 0.15) is 20.0 Å². The number of rotatable bonds is 4. The van der Waals surface area contributed by atoms with Crippen molar-refractivity contribution in [3.63, 3.8) is 0 Å². The Labute approximate surface area is 150 Å². The van der Waals surface area contributed by atoms with Gasteiger partial charge in [0.15, 0.2) is 0 Å². The van der Waals surface area contributed by atoms with Crippen LogP contribution in [0.4, 0.5) is 5.69 Å². The van der Waals surface area contributed by atoms with Crippen LogP contribution in [0.15, 0.2) is 41.9 Å². The van der Waals surface area contributed by atoms with Crippen molar-refractivity contribution in [2.45, 2.75) is 0 Å². The lowest BCUT2D eigenvalue weighted by atomic mass is 10.2. The zero-order chi connectivity index (χ0) is 17.1. The predicted octanol–water partition coefficient (Wildman–Crippen LogP) is 4.56. The van der Waals surface area contributed by atoms with Gasteiger partial charge in [-0.2, -0.15) is 0 Å². The van der Waals surface area contributed by atoms with Gasteiger partial charge < -0.3 is 10.1 Å². The third-order valence-electron chi connectivity index (χ3n) is 3.09. The SMILES string of the molecule is COC(=O)c1cc(NC(=O)c2cnc(-c3cccs3)s2)ccc1Cl. The van der Waals surface area contributed by atoms with Crippen LogP contribution in [-0.2, 0) is 4.74 Å². The van der Waals surface area contributed by atoms with E-state index in [-0.39, 0.29) is 16.5 Å².